The van der Waals surface area contributed by atoms with Crippen molar-refractivity contribution in [3.05, 3.63) is 33.3 Å². The van der Waals surface area contributed by atoms with Crippen LogP contribution in [0.2, 0.25) is 5.02 Å². The summed E-state index contributed by atoms with van der Waals surface area (Å²) in [4.78, 5) is 2.40. The van der Waals surface area contributed by atoms with E-state index in [0.29, 0.717) is 17.5 Å². The third-order valence-corrected chi connectivity index (χ3v) is 4.48. The third-order valence-electron chi connectivity index (χ3n) is 3.66. The van der Waals surface area contributed by atoms with Crippen LogP contribution in [0.25, 0.3) is 0 Å². The number of aliphatic hydroxyl groups excluding tert-OH is 1. The molecule has 1 unspecified atom stereocenters. The van der Waals surface area contributed by atoms with Crippen LogP contribution in [0.5, 0.6) is 0 Å². The zero-order chi connectivity index (χ0) is 14.5. The molecule has 20 heavy (non-hydrogen) atoms. The fourth-order valence-corrected chi connectivity index (χ4v) is 3.14. The van der Waals surface area contributed by atoms with Gasteiger partial charge >= 0.3 is 0 Å². The Morgan fingerprint density at radius 2 is 2.20 bits per heavy atom. The normalized spacial score (nSPS) is 16.6. The van der Waals surface area contributed by atoms with Gasteiger partial charge in [0, 0.05) is 35.7 Å². The highest BCUT2D eigenvalue weighted by atomic mass is 79.9. The molecule has 0 spiro atoms. The number of benzene rings is 1. The minimum atomic E-state index is -0.514. The first kappa shape index (κ1) is 16.2. The summed E-state index contributed by atoms with van der Waals surface area (Å²) < 4.78 is 6.07. The molecule has 1 aliphatic carbocycles. The maximum atomic E-state index is 10.3. The fourth-order valence-electron chi connectivity index (χ4n) is 2.34. The molecular formula is C15H21BrClNO2. The number of hydrogen-bond donors (Lipinski definition) is 1. The summed E-state index contributed by atoms with van der Waals surface area (Å²) in [6, 6.07) is 6.29. The van der Waals surface area contributed by atoms with E-state index >= 15 is 0 Å². The average molecular weight is 363 g/mol. The van der Waals surface area contributed by atoms with E-state index in [-0.39, 0.29) is 0 Å². The lowest BCUT2D eigenvalue weighted by molar-refractivity contribution is 0.113. The van der Waals surface area contributed by atoms with E-state index in [1.807, 2.05) is 18.2 Å². The number of aliphatic hydroxyl groups is 1. The van der Waals surface area contributed by atoms with Gasteiger partial charge in [0.25, 0.3) is 0 Å². The molecule has 1 aromatic carbocycles. The van der Waals surface area contributed by atoms with Crippen molar-refractivity contribution in [3.63, 3.8) is 0 Å². The van der Waals surface area contributed by atoms with Crippen LogP contribution in [0.15, 0.2) is 22.7 Å². The molecule has 1 aliphatic rings. The van der Waals surface area contributed by atoms with Gasteiger partial charge in [-0.3, -0.25) is 4.90 Å². The zero-order valence-corrected chi connectivity index (χ0v) is 14.0. The van der Waals surface area contributed by atoms with Crippen LogP contribution >= 0.6 is 27.5 Å². The minimum Gasteiger partial charge on any atom is -0.388 e. The summed E-state index contributed by atoms with van der Waals surface area (Å²) in [6.07, 6.45) is 2.71. The second-order valence-electron chi connectivity index (χ2n) is 5.23. The molecule has 0 bridgehead atoms. The van der Waals surface area contributed by atoms with Gasteiger partial charge < -0.3 is 9.84 Å². The van der Waals surface area contributed by atoms with Crippen LogP contribution < -0.4 is 0 Å². The van der Waals surface area contributed by atoms with Gasteiger partial charge in [0.15, 0.2) is 0 Å². The first-order valence-electron chi connectivity index (χ1n) is 6.98. The lowest BCUT2D eigenvalue weighted by atomic mass is 10.1. The van der Waals surface area contributed by atoms with Gasteiger partial charge in [-0.2, -0.15) is 0 Å². The number of rotatable bonds is 8. The molecule has 1 atom stereocenters. The van der Waals surface area contributed by atoms with Crippen LogP contribution in [-0.4, -0.2) is 42.9 Å². The highest BCUT2D eigenvalue weighted by molar-refractivity contribution is 9.10. The van der Waals surface area contributed by atoms with Crippen molar-refractivity contribution in [2.45, 2.75) is 31.4 Å². The van der Waals surface area contributed by atoms with Crippen LogP contribution in [0.3, 0.4) is 0 Å². The summed E-state index contributed by atoms with van der Waals surface area (Å²) >= 11 is 9.55. The van der Waals surface area contributed by atoms with E-state index in [4.69, 9.17) is 16.3 Å². The van der Waals surface area contributed by atoms with E-state index < -0.39 is 6.10 Å². The van der Waals surface area contributed by atoms with Crippen molar-refractivity contribution in [3.8, 4) is 0 Å². The summed E-state index contributed by atoms with van der Waals surface area (Å²) in [5, 5.41) is 10.9. The fraction of sp³-hybridized carbons (Fsp3) is 0.600. The molecule has 0 heterocycles. The SMILES string of the molecule is COCCN(CCC(O)c1ccc(Br)cc1Cl)C1CC1. The predicted octanol–water partition coefficient (Wildman–Crippen LogP) is 3.64. The number of nitrogens with zero attached hydrogens (tertiary/aromatic N) is 1. The van der Waals surface area contributed by atoms with E-state index in [2.05, 4.69) is 20.8 Å². The highest BCUT2D eigenvalue weighted by Gasteiger charge is 2.28. The predicted molar refractivity (Wildman–Crippen MR) is 85.2 cm³/mol. The Morgan fingerprint density at radius 3 is 2.80 bits per heavy atom. The average Bonchev–Trinajstić information content (AvgIpc) is 3.23. The first-order valence-corrected chi connectivity index (χ1v) is 8.15. The monoisotopic (exact) mass is 361 g/mol. The molecule has 0 aromatic heterocycles. The summed E-state index contributed by atoms with van der Waals surface area (Å²) in [5.41, 5.74) is 0.803. The van der Waals surface area contributed by atoms with Gasteiger partial charge in [0.1, 0.15) is 0 Å². The summed E-state index contributed by atoms with van der Waals surface area (Å²) in [5.74, 6) is 0. The van der Waals surface area contributed by atoms with E-state index in [0.717, 1.165) is 29.7 Å². The topological polar surface area (TPSA) is 32.7 Å². The molecule has 0 radical (unpaired) electrons. The molecule has 5 heteroatoms. The van der Waals surface area contributed by atoms with Crippen molar-refractivity contribution in [1.82, 2.24) is 4.90 Å². The van der Waals surface area contributed by atoms with Crippen LogP contribution in [-0.2, 0) is 4.74 Å². The summed E-state index contributed by atoms with van der Waals surface area (Å²) in [6.45, 7) is 2.55. The summed E-state index contributed by atoms with van der Waals surface area (Å²) in [7, 11) is 1.72. The number of hydrogen-bond acceptors (Lipinski definition) is 3. The van der Waals surface area contributed by atoms with Gasteiger partial charge in [0.05, 0.1) is 12.7 Å². The lowest BCUT2D eigenvalue weighted by Crippen LogP contribution is -2.31. The lowest BCUT2D eigenvalue weighted by Gasteiger charge is -2.23. The smallest absolute Gasteiger partial charge is 0.0816 e. The van der Waals surface area contributed by atoms with Crippen molar-refractivity contribution in [2.75, 3.05) is 26.8 Å². The van der Waals surface area contributed by atoms with Crippen LogP contribution in [0.1, 0.15) is 30.9 Å². The van der Waals surface area contributed by atoms with E-state index in [1.165, 1.54) is 12.8 Å². The van der Waals surface area contributed by atoms with Gasteiger partial charge in [0.2, 0.25) is 0 Å². The molecular weight excluding hydrogens is 342 g/mol. The maximum absolute atomic E-state index is 10.3. The maximum Gasteiger partial charge on any atom is 0.0816 e. The molecule has 3 nitrogen and oxygen atoms in total. The van der Waals surface area contributed by atoms with Crippen molar-refractivity contribution >= 4 is 27.5 Å². The molecule has 1 N–H and O–H groups in total. The Balaban J connectivity index is 1.88. The first-order chi connectivity index (χ1) is 9.61. The van der Waals surface area contributed by atoms with Crippen LogP contribution in [0.4, 0.5) is 0 Å². The molecule has 112 valence electrons. The van der Waals surface area contributed by atoms with E-state index in [1.54, 1.807) is 7.11 Å². The molecule has 0 amide bonds. The molecule has 0 aliphatic heterocycles. The Labute approximate surface area is 134 Å². The standard InChI is InChI=1S/C15H21BrClNO2/c1-20-9-8-18(12-3-4-12)7-6-15(19)13-5-2-11(16)10-14(13)17/h2,5,10,12,15,19H,3-4,6-9H2,1H3. The quantitative estimate of drug-likeness (QED) is 0.766. The number of methoxy groups -OCH3 is 1. The minimum absolute atomic E-state index is 0.514. The largest absolute Gasteiger partial charge is 0.388 e. The molecule has 0 saturated heterocycles. The second kappa shape index (κ2) is 7.76. The molecule has 1 aromatic rings. The Hall–Kier alpha value is -0.130. The van der Waals surface area contributed by atoms with Crippen LogP contribution in [0, 0.1) is 0 Å². The van der Waals surface area contributed by atoms with Gasteiger partial charge in [-0.1, -0.05) is 33.6 Å². The Kier molecular flexibility index (Phi) is 6.30. The van der Waals surface area contributed by atoms with Crippen molar-refractivity contribution < 1.29 is 9.84 Å². The Morgan fingerprint density at radius 1 is 1.45 bits per heavy atom. The van der Waals surface area contributed by atoms with Gasteiger partial charge in [-0.15, -0.1) is 0 Å². The molecule has 1 saturated carbocycles. The second-order valence-corrected chi connectivity index (χ2v) is 6.55. The Bertz CT molecular complexity index is 440. The highest BCUT2D eigenvalue weighted by Crippen LogP contribution is 2.30. The van der Waals surface area contributed by atoms with Gasteiger partial charge in [-0.25, -0.2) is 0 Å². The van der Waals surface area contributed by atoms with Gasteiger partial charge in [-0.05, 0) is 37.0 Å². The van der Waals surface area contributed by atoms with E-state index in [9.17, 15) is 5.11 Å². The molecule has 2 rings (SSSR count). The number of ether oxygens (including phenoxy) is 1. The number of halogens is 2. The van der Waals surface area contributed by atoms with Crippen molar-refractivity contribution in [2.24, 2.45) is 0 Å². The molecule has 1 fully saturated rings. The third kappa shape index (κ3) is 4.71. The van der Waals surface area contributed by atoms with Crippen molar-refractivity contribution in [1.29, 1.82) is 0 Å². The zero-order valence-electron chi connectivity index (χ0n) is 11.7.